The number of nitrogens with two attached hydrogens (primary N) is 1. The summed E-state index contributed by atoms with van der Waals surface area (Å²) in [6.07, 6.45) is 0. The minimum atomic E-state index is -0.537. The molecular formula is C14H11Cl2NO3. The highest BCUT2D eigenvalue weighted by Gasteiger charge is 2.15. The van der Waals surface area contributed by atoms with Gasteiger partial charge in [-0.15, -0.1) is 0 Å². The van der Waals surface area contributed by atoms with Gasteiger partial charge in [-0.3, -0.25) is 0 Å². The Morgan fingerprint density at radius 1 is 1.15 bits per heavy atom. The highest BCUT2D eigenvalue weighted by atomic mass is 35.5. The van der Waals surface area contributed by atoms with Crippen LogP contribution < -0.4 is 10.5 Å². The lowest BCUT2D eigenvalue weighted by Gasteiger charge is -2.12. The van der Waals surface area contributed by atoms with Crippen molar-refractivity contribution in [3.05, 3.63) is 52.0 Å². The first-order chi connectivity index (χ1) is 9.52. The monoisotopic (exact) mass is 311 g/mol. The molecule has 4 nitrogen and oxygen atoms in total. The van der Waals surface area contributed by atoms with Gasteiger partial charge in [0.2, 0.25) is 0 Å². The number of carbonyl (C=O) groups is 1. The van der Waals surface area contributed by atoms with Gasteiger partial charge < -0.3 is 15.2 Å². The van der Waals surface area contributed by atoms with Crippen molar-refractivity contribution < 1.29 is 14.3 Å². The molecule has 0 saturated heterocycles. The lowest BCUT2D eigenvalue weighted by Crippen LogP contribution is -2.06. The summed E-state index contributed by atoms with van der Waals surface area (Å²) in [4.78, 5) is 11.6. The number of nitrogen functional groups attached to an aromatic ring is 1. The molecule has 0 heterocycles. The zero-order valence-electron chi connectivity index (χ0n) is 10.5. The summed E-state index contributed by atoms with van der Waals surface area (Å²) in [7, 11) is 1.28. The maximum Gasteiger partial charge on any atom is 0.340 e. The van der Waals surface area contributed by atoms with Crippen molar-refractivity contribution in [1.29, 1.82) is 0 Å². The second-order valence-corrected chi connectivity index (χ2v) is 4.73. The van der Waals surface area contributed by atoms with Crippen LogP contribution in [0.25, 0.3) is 0 Å². The Balaban J connectivity index is 2.39. The number of benzene rings is 2. The molecule has 0 fully saturated rings. The van der Waals surface area contributed by atoms with Gasteiger partial charge >= 0.3 is 5.97 Å². The van der Waals surface area contributed by atoms with E-state index in [1.54, 1.807) is 36.4 Å². The lowest BCUT2D eigenvalue weighted by atomic mass is 10.1. The fourth-order valence-corrected chi connectivity index (χ4v) is 1.91. The van der Waals surface area contributed by atoms with Crippen LogP contribution in [0.2, 0.25) is 10.0 Å². The van der Waals surface area contributed by atoms with E-state index in [4.69, 9.17) is 33.7 Å². The number of rotatable bonds is 3. The summed E-state index contributed by atoms with van der Waals surface area (Å²) in [6.45, 7) is 0. The number of hydrogen-bond acceptors (Lipinski definition) is 4. The minimum absolute atomic E-state index is 0.176. The quantitative estimate of drug-likeness (QED) is 0.683. The standard InChI is InChI=1S/C14H11Cl2NO3/c1-19-14(18)9-3-2-4-11(13(9)17)20-12-7-8(15)5-6-10(12)16/h2-7H,17H2,1H3. The normalized spacial score (nSPS) is 10.2. The van der Waals surface area contributed by atoms with Crippen molar-refractivity contribution in [2.45, 2.75) is 0 Å². The number of esters is 1. The predicted molar refractivity (Wildman–Crippen MR) is 78.7 cm³/mol. The molecule has 0 radical (unpaired) electrons. The van der Waals surface area contributed by atoms with E-state index in [1.807, 2.05) is 0 Å². The molecule has 2 N–H and O–H groups in total. The first-order valence-corrected chi connectivity index (χ1v) is 6.38. The van der Waals surface area contributed by atoms with Gasteiger partial charge in [0.05, 0.1) is 23.4 Å². The van der Waals surface area contributed by atoms with Gasteiger partial charge in [0.1, 0.15) is 5.75 Å². The van der Waals surface area contributed by atoms with Crippen LogP contribution in [0.3, 0.4) is 0 Å². The van der Waals surface area contributed by atoms with Crippen molar-refractivity contribution in [3.63, 3.8) is 0 Å². The summed E-state index contributed by atoms with van der Waals surface area (Å²) in [5, 5.41) is 0.865. The number of ether oxygens (including phenoxy) is 2. The summed E-state index contributed by atoms with van der Waals surface area (Å²) in [5.41, 5.74) is 6.30. The second-order valence-electron chi connectivity index (χ2n) is 3.89. The molecule has 0 bridgehead atoms. The van der Waals surface area contributed by atoms with Crippen molar-refractivity contribution >= 4 is 34.9 Å². The van der Waals surface area contributed by atoms with Crippen LogP contribution in [0.15, 0.2) is 36.4 Å². The average molecular weight is 312 g/mol. The number of para-hydroxylation sites is 1. The van der Waals surface area contributed by atoms with E-state index in [0.717, 1.165) is 0 Å². The van der Waals surface area contributed by atoms with Gasteiger partial charge in [0.15, 0.2) is 5.75 Å². The SMILES string of the molecule is COC(=O)c1cccc(Oc2cc(Cl)ccc2Cl)c1N. The third kappa shape index (κ3) is 2.98. The van der Waals surface area contributed by atoms with Crippen LogP contribution in [0.5, 0.6) is 11.5 Å². The zero-order chi connectivity index (χ0) is 14.7. The van der Waals surface area contributed by atoms with Gasteiger partial charge in [-0.25, -0.2) is 4.79 Å². The van der Waals surface area contributed by atoms with E-state index in [1.165, 1.54) is 7.11 Å². The summed E-state index contributed by atoms with van der Waals surface area (Å²) in [6, 6.07) is 9.63. The molecule has 2 rings (SSSR count). The first-order valence-electron chi connectivity index (χ1n) is 5.62. The predicted octanol–water partition coefficient (Wildman–Crippen LogP) is 4.15. The molecule has 0 unspecified atom stereocenters. The molecule has 0 aliphatic carbocycles. The molecule has 0 amide bonds. The number of hydrogen-bond donors (Lipinski definition) is 1. The first kappa shape index (κ1) is 14.5. The van der Waals surface area contributed by atoms with Crippen molar-refractivity contribution in [3.8, 4) is 11.5 Å². The van der Waals surface area contributed by atoms with E-state index < -0.39 is 5.97 Å². The molecule has 0 saturated carbocycles. The van der Waals surface area contributed by atoms with Gasteiger partial charge in [0, 0.05) is 11.1 Å². The summed E-state index contributed by atoms with van der Waals surface area (Å²) in [5.74, 6) is 0.120. The Bertz CT molecular complexity index is 659. The molecule has 6 heteroatoms. The molecule has 0 spiro atoms. The van der Waals surface area contributed by atoms with Crippen LogP contribution in [-0.4, -0.2) is 13.1 Å². The maximum absolute atomic E-state index is 11.6. The average Bonchev–Trinajstić information content (AvgIpc) is 2.44. The van der Waals surface area contributed by atoms with Crippen molar-refractivity contribution in [1.82, 2.24) is 0 Å². The lowest BCUT2D eigenvalue weighted by molar-refractivity contribution is 0.0601. The molecule has 0 aromatic heterocycles. The second kappa shape index (κ2) is 6.03. The fraction of sp³-hybridized carbons (Fsp3) is 0.0714. The third-order valence-electron chi connectivity index (χ3n) is 2.58. The van der Waals surface area contributed by atoms with Gasteiger partial charge in [0.25, 0.3) is 0 Å². The number of carbonyl (C=O) groups excluding carboxylic acids is 1. The van der Waals surface area contributed by atoms with Gasteiger partial charge in [-0.05, 0) is 24.3 Å². The highest BCUT2D eigenvalue weighted by molar-refractivity contribution is 6.34. The largest absolute Gasteiger partial charge is 0.465 e. The molecule has 2 aromatic rings. The van der Waals surface area contributed by atoms with Crippen LogP contribution in [0, 0.1) is 0 Å². The molecule has 20 heavy (non-hydrogen) atoms. The Morgan fingerprint density at radius 2 is 1.90 bits per heavy atom. The topological polar surface area (TPSA) is 61.5 Å². The minimum Gasteiger partial charge on any atom is -0.465 e. The number of methoxy groups -OCH3 is 1. The van der Waals surface area contributed by atoms with E-state index in [9.17, 15) is 4.79 Å². The van der Waals surface area contributed by atoms with E-state index in [-0.39, 0.29) is 11.3 Å². The van der Waals surface area contributed by atoms with Gasteiger partial charge in [-0.2, -0.15) is 0 Å². The smallest absolute Gasteiger partial charge is 0.340 e. The fourth-order valence-electron chi connectivity index (χ4n) is 1.59. The molecule has 0 aliphatic heterocycles. The van der Waals surface area contributed by atoms with Gasteiger partial charge in [-0.1, -0.05) is 29.3 Å². The van der Waals surface area contributed by atoms with Crippen LogP contribution in [0.1, 0.15) is 10.4 Å². The molecule has 0 aliphatic rings. The van der Waals surface area contributed by atoms with E-state index in [0.29, 0.717) is 21.5 Å². The van der Waals surface area contributed by atoms with Crippen molar-refractivity contribution in [2.24, 2.45) is 0 Å². The Labute approximate surface area is 126 Å². The third-order valence-corrected chi connectivity index (χ3v) is 3.13. The molecule has 0 atom stereocenters. The van der Waals surface area contributed by atoms with Crippen LogP contribution in [-0.2, 0) is 4.74 Å². The molecule has 2 aromatic carbocycles. The van der Waals surface area contributed by atoms with E-state index in [2.05, 4.69) is 4.74 Å². The zero-order valence-corrected chi connectivity index (χ0v) is 12.0. The van der Waals surface area contributed by atoms with Crippen LogP contribution >= 0.6 is 23.2 Å². The maximum atomic E-state index is 11.6. The Kier molecular flexibility index (Phi) is 4.37. The summed E-state index contributed by atoms with van der Waals surface area (Å²) >= 11 is 11.9. The Morgan fingerprint density at radius 3 is 2.60 bits per heavy atom. The molecule has 104 valence electrons. The summed E-state index contributed by atoms with van der Waals surface area (Å²) < 4.78 is 10.3. The van der Waals surface area contributed by atoms with E-state index >= 15 is 0 Å². The van der Waals surface area contributed by atoms with Crippen LogP contribution in [0.4, 0.5) is 5.69 Å². The van der Waals surface area contributed by atoms with Crippen molar-refractivity contribution in [2.75, 3.05) is 12.8 Å². The number of halogens is 2. The highest BCUT2D eigenvalue weighted by Crippen LogP contribution is 2.35. The molecular weight excluding hydrogens is 301 g/mol. The Hall–Kier alpha value is -1.91. The number of anilines is 1.